The van der Waals surface area contributed by atoms with Gasteiger partial charge in [-0.2, -0.15) is 4.98 Å². The maximum absolute atomic E-state index is 8.78. The number of benzene rings is 1. The van der Waals surface area contributed by atoms with Crippen LogP contribution < -0.4 is 21.1 Å². The van der Waals surface area contributed by atoms with E-state index in [-0.39, 0.29) is 13.2 Å². The molecule has 1 aromatic heterocycles. The average molecular weight is 408 g/mol. The standard InChI is InChI=1S/C17H22ClN7OS/c1-20-27-15-5-3-2-4-12(15)9-22-16-14(18)11-23-17(25-16)24-13(8-19)10-21-6-7-26/h2-5,8,10-11,20,26H,6-7,9,19H2,1H3,(H2,22,23,24,25). The van der Waals surface area contributed by atoms with Crippen molar-refractivity contribution in [1.29, 1.82) is 0 Å². The van der Waals surface area contributed by atoms with Crippen LogP contribution in [0.25, 0.3) is 0 Å². The molecule has 0 unspecified atom stereocenters. The van der Waals surface area contributed by atoms with E-state index in [0.717, 1.165) is 10.5 Å². The van der Waals surface area contributed by atoms with Gasteiger partial charge >= 0.3 is 0 Å². The van der Waals surface area contributed by atoms with E-state index in [1.54, 1.807) is 11.9 Å². The zero-order chi connectivity index (χ0) is 19.5. The Morgan fingerprint density at radius 2 is 2.22 bits per heavy atom. The number of allylic oxidation sites excluding steroid dienone is 1. The fourth-order valence-electron chi connectivity index (χ4n) is 2.06. The minimum absolute atomic E-state index is 0.0345. The monoisotopic (exact) mass is 407 g/mol. The number of rotatable bonds is 10. The number of anilines is 2. The molecule has 0 aliphatic heterocycles. The van der Waals surface area contributed by atoms with E-state index in [1.165, 1.54) is 18.6 Å². The normalized spacial score (nSPS) is 11.7. The zero-order valence-electron chi connectivity index (χ0n) is 14.8. The summed E-state index contributed by atoms with van der Waals surface area (Å²) in [6.45, 7) is 0.809. The molecule has 0 atom stereocenters. The molecular weight excluding hydrogens is 386 g/mol. The molecule has 144 valence electrons. The Balaban J connectivity index is 2.09. The number of nitrogens with zero attached hydrogens (tertiary/aromatic N) is 3. The quantitative estimate of drug-likeness (QED) is 0.300. The van der Waals surface area contributed by atoms with E-state index in [4.69, 9.17) is 22.4 Å². The van der Waals surface area contributed by atoms with Gasteiger partial charge in [0.1, 0.15) is 5.02 Å². The predicted molar refractivity (Wildman–Crippen MR) is 112 cm³/mol. The number of hydrogen-bond donors (Lipinski definition) is 5. The molecule has 1 heterocycles. The number of aliphatic hydroxyl groups excluding tert-OH is 1. The highest BCUT2D eigenvalue weighted by Crippen LogP contribution is 2.23. The summed E-state index contributed by atoms with van der Waals surface area (Å²) >= 11 is 7.75. The summed E-state index contributed by atoms with van der Waals surface area (Å²) < 4.78 is 3.07. The molecule has 1 aromatic carbocycles. The van der Waals surface area contributed by atoms with Crippen LogP contribution in [0.5, 0.6) is 0 Å². The zero-order valence-corrected chi connectivity index (χ0v) is 16.4. The van der Waals surface area contributed by atoms with Crippen LogP contribution in [0, 0.1) is 0 Å². The number of aliphatic imine (C=N–C) groups is 1. The Hall–Kier alpha value is -2.33. The van der Waals surface area contributed by atoms with E-state index in [1.807, 2.05) is 31.3 Å². The first-order chi connectivity index (χ1) is 13.2. The van der Waals surface area contributed by atoms with Crippen LogP contribution >= 0.6 is 23.5 Å². The lowest BCUT2D eigenvalue weighted by Gasteiger charge is -2.12. The van der Waals surface area contributed by atoms with Gasteiger partial charge in [-0.25, -0.2) is 4.98 Å². The van der Waals surface area contributed by atoms with Crippen LogP contribution in [0.3, 0.4) is 0 Å². The Bertz CT molecular complexity index is 801. The third-order valence-corrected chi connectivity index (χ3v) is 4.37. The van der Waals surface area contributed by atoms with Crippen LogP contribution in [0.4, 0.5) is 11.8 Å². The summed E-state index contributed by atoms with van der Waals surface area (Å²) in [5.41, 5.74) is 7.18. The number of hydrogen-bond acceptors (Lipinski definition) is 9. The summed E-state index contributed by atoms with van der Waals surface area (Å²) in [5.74, 6) is 0.828. The van der Waals surface area contributed by atoms with Gasteiger partial charge < -0.3 is 21.5 Å². The average Bonchev–Trinajstić information content (AvgIpc) is 2.69. The fourth-order valence-corrected chi connectivity index (χ4v) is 2.85. The molecule has 0 amide bonds. The summed E-state index contributed by atoms with van der Waals surface area (Å²) in [6.07, 6.45) is 4.36. The van der Waals surface area contributed by atoms with Gasteiger partial charge in [-0.3, -0.25) is 9.71 Å². The van der Waals surface area contributed by atoms with Gasteiger partial charge in [-0.05, 0) is 30.6 Å². The van der Waals surface area contributed by atoms with Gasteiger partial charge in [0, 0.05) is 23.9 Å². The predicted octanol–water partition coefficient (Wildman–Crippen LogP) is 2.24. The molecule has 0 aliphatic carbocycles. The van der Waals surface area contributed by atoms with Crippen LogP contribution in [0.15, 0.2) is 52.2 Å². The second kappa shape index (κ2) is 11.4. The van der Waals surface area contributed by atoms with Crippen molar-refractivity contribution in [2.45, 2.75) is 11.4 Å². The van der Waals surface area contributed by atoms with Crippen molar-refractivity contribution >= 4 is 41.5 Å². The Kier molecular flexibility index (Phi) is 8.85. The van der Waals surface area contributed by atoms with Gasteiger partial charge in [0.25, 0.3) is 0 Å². The van der Waals surface area contributed by atoms with Gasteiger partial charge in [0.15, 0.2) is 5.82 Å². The van der Waals surface area contributed by atoms with Crippen LogP contribution in [-0.2, 0) is 6.54 Å². The van der Waals surface area contributed by atoms with Crippen molar-refractivity contribution in [1.82, 2.24) is 14.7 Å². The van der Waals surface area contributed by atoms with Gasteiger partial charge in [-0.1, -0.05) is 29.8 Å². The van der Waals surface area contributed by atoms with E-state index in [2.05, 4.69) is 30.3 Å². The summed E-state index contributed by atoms with van der Waals surface area (Å²) in [4.78, 5) is 13.6. The van der Waals surface area contributed by atoms with Crippen molar-refractivity contribution in [2.24, 2.45) is 10.7 Å². The van der Waals surface area contributed by atoms with E-state index in [0.29, 0.717) is 29.0 Å². The molecule has 10 heteroatoms. The smallest absolute Gasteiger partial charge is 0.229 e. The molecule has 6 N–H and O–H groups in total. The molecule has 0 saturated heterocycles. The third-order valence-electron chi connectivity index (χ3n) is 3.27. The second-order valence-corrected chi connectivity index (χ2v) is 6.62. The highest BCUT2D eigenvalue weighted by Gasteiger charge is 2.08. The SMILES string of the molecule is CNSc1ccccc1CNc1nc(NC(C=NCCO)=CN)ncc1Cl. The van der Waals surface area contributed by atoms with Gasteiger partial charge in [-0.15, -0.1) is 0 Å². The molecule has 0 bridgehead atoms. The molecule has 0 radical (unpaired) electrons. The molecule has 2 aromatic rings. The minimum Gasteiger partial charge on any atom is -0.403 e. The number of aromatic nitrogens is 2. The molecule has 0 spiro atoms. The second-order valence-electron chi connectivity index (χ2n) is 5.16. The van der Waals surface area contributed by atoms with Crippen molar-refractivity contribution in [3.63, 3.8) is 0 Å². The van der Waals surface area contributed by atoms with Crippen molar-refractivity contribution in [3.8, 4) is 0 Å². The van der Waals surface area contributed by atoms with Crippen molar-refractivity contribution < 1.29 is 5.11 Å². The van der Waals surface area contributed by atoms with E-state index in [9.17, 15) is 0 Å². The number of nitrogens with one attached hydrogen (secondary N) is 3. The van der Waals surface area contributed by atoms with Gasteiger partial charge in [0.2, 0.25) is 5.95 Å². The Labute approximate surface area is 167 Å². The first-order valence-electron chi connectivity index (χ1n) is 8.15. The van der Waals surface area contributed by atoms with E-state index < -0.39 is 0 Å². The number of aliphatic hydroxyl groups is 1. The van der Waals surface area contributed by atoms with Crippen LogP contribution in [0.2, 0.25) is 5.02 Å². The fraction of sp³-hybridized carbons (Fsp3) is 0.235. The minimum atomic E-state index is -0.0345. The largest absolute Gasteiger partial charge is 0.403 e. The highest BCUT2D eigenvalue weighted by molar-refractivity contribution is 7.97. The molecule has 8 nitrogen and oxygen atoms in total. The molecule has 0 saturated carbocycles. The maximum Gasteiger partial charge on any atom is 0.229 e. The van der Waals surface area contributed by atoms with Crippen molar-refractivity contribution in [2.75, 3.05) is 30.8 Å². The lowest BCUT2D eigenvalue weighted by Crippen LogP contribution is -2.10. The lowest BCUT2D eigenvalue weighted by atomic mass is 10.2. The summed E-state index contributed by atoms with van der Waals surface area (Å²) in [6, 6.07) is 8.04. The highest BCUT2D eigenvalue weighted by atomic mass is 35.5. The van der Waals surface area contributed by atoms with Crippen LogP contribution in [-0.4, -0.2) is 41.5 Å². The number of nitrogens with two attached hydrogens (primary N) is 1. The Morgan fingerprint density at radius 3 is 2.96 bits per heavy atom. The first kappa shape index (κ1) is 21.0. The Morgan fingerprint density at radius 1 is 1.41 bits per heavy atom. The molecular formula is C17H22ClN7OS. The van der Waals surface area contributed by atoms with Crippen molar-refractivity contribution in [3.05, 3.63) is 52.9 Å². The van der Waals surface area contributed by atoms with Gasteiger partial charge in [0.05, 0.1) is 25.0 Å². The molecule has 0 aliphatic rings. The third kappa shape index (κ3) is 6.72. The molecule has 2 rings (SSSR count). The molecule has 27 heavy (non-hydrogen) atoms. The van der Waals surface area contributed by atoms with Crippen LogP contribution in [0.1, 0.15) is 5.56 Å². The number of halogens is 1. The summed E-state index contributed by atoms with van der Waals surface area (Å²) in [7, 11) is 1.88. The lowest BCUT2D eigenvalue weighted by molar-refractivity contribution is 0.307. The topological polar surface area (TPSA) is 120 Å². The summed E-state index contributed by atoms with van der Waals surface area (Å²) in [5, 5.41) is 15.4. The van der Waals surface area contributed by atoms with E-state index >= 15 is 0 Å². The molecule has 0 fully saturated rings. The maximum atomic E-state index is 8.78. The first-order valence-corrected chi connectivity index (χ1v) is 9.35.